The number of carboxylic acid groups (broad SMARTS) is 1. The molecule has 1 unspecified atom stereocenters. The van der Waals surface area contributed by atoms with Crippen LogP contribution in [-0.4, -0.2) is 51.1 Å². The molecule has 0 saturated heterocycles. The van der Waals surface area contributed by atoms with Crippen molar-refractivity contribution in [1.29, 1.82) is 0 Å². The summed E-state index contributed by atoms with van der Waals surface area (Å²) in [5.74, 6) is -2.21. The fraction of sp³-hybridized carbons (Fsp3) is 0.400. The van der Waals surface area contributed by atoms with Gasteiger partial charge in [0.2, 0.25) is 0 Å². The van der Waals surface area contributed by atoms with Gasteiger partial charge in [-0.2, -0.15) is 0 Å². The van der Waals surface area contributed by atoms with Gasteiger partial charge in [-0.05, 0) is 89.7 Å². The molecule has 2 aromatic carbocycles. The second-order valence-electron chi connectivity index (χ2n) is 11.3. The number of hydrogen-bond donors (Lipinski definition) is 1. The number of hydrazine groups is 1. The molecule has 0 aliphatic heterocycles. The number of nitrogens with zero attached hydrogens (tertiary/aromatic N) is 3. The Morgan fingerprint density at radius 2 is 1.56 bits per heavy atom. The number of fused-ring (bicyclic) bond motifs is 1. The monoisotopic (exact) mass is 569 g/mol. The fourth-order valence-electron chi connectivity index (χ4n) is 3.86. The minimum atomic E-state index is -1.93. The number of rotatable bonds is 8. The molecule has 10 nitrogen and oxygen atoms in total. The number of anilines is 1. The van der Waals surface area contributed by atoms with Gasteiger partial charge >= 0.3 is 18.2 Å². The summed E-state index contributed by atoms with van der Waals surface area (Å²) in [6.45, 7) is 11.8. The number of pyridine rings is 1. The van der Waals surface area contributed by atoms with Crippen LogP contribution in [0.5, 0.6) is 5.75 Å². The number of carbonyl (C=O) groups excluding carboxylic acids is 2. The zero-order valence-electron chi connectivity index (χ0n) is 24.3. The highest BCUT2D eigenvalue weighted by molar-refractivity contribution is 5.94. The van der Waals surface area contributed by atoms with Crippen LogP contribution in [0.4, 0.5) is 19.7 Å². The smallest absolute Gasteiger partial charge is 0.439 e. The first-order valence-electron chi connectivity index (χ1n) is 13.2. The molecule has 1 heterocycles. The van der Waals surface area contributed by atoms with Gasteiger partial charge in [0.1, 0.15) is 22.8 Å². The van der Waals surface area contributed by atoms with Crippen LogP contribution in [0.25, 0.3) is 10.8 Å². The second kappa shape index (κ2) is 12.4. The Bertz CT molecular complexity index is 1390. The molecule has 1 aromatic heterocycles. The van der Waals surface area contributed by atoms with E-state index in [9.17, 15) is 19.5 Å². The van der Waals surface area contributed by atoms with E-state index in [1.807, 2.05) is 6.92 Å². The van der Waals surface area contributed by atoms with Crippen molar-refractivity contribution in [2.24, 2.45) is 0 Å². The number of amides is 2. The molecule has 220 valence electrons. The summed E-state index contributed by atoms with van der Waals surface area (Å²) in [6, 6.07) is 8.14. The topological polar surface area (TPSA) is 119 Å². The van der Waals surface area contributed by atoms with Gasteiger partial charge in [0.05, 0.1) is 12.3 Å². The van der Waals surface area contributed by atoms with Crippen molar-refractivity contribution in [3.63, 3.8) is 0 Å². The summed E-state index contributed by atoms with van der Waals surface area (Å²) < 4.78 is 32.1. The van der Waals surface area contributed by atoms with Crippen molar-refractivity contribution >= 4 is 34.6 Å². The van der Waals surface area contributed by atoms with Gasteiger partial charge in [-0.25, -0.2) is 18.8 Å². The average Bonchev–Trinajstić information content (AvgIpc) is 2.85. The standard InChI is InChI=1S/C30H36FN3O7/c1-8-15-39-22-11-12-24(31)23(17-22)25(26(35)36)33(21-10-9-20-18-32-14-13-19(20)16-21)34(27(37)40-29(2,3)4)28(38)41-30(5,6)7/h9-14,16-18,25H,8,15H2,1-7H3,(H,35,36). The first-order chi connectivity index (χ1) is 19.1. The molecule has 0 bridgehead atoms. The van der Waals surface area contributed by atoms with E-state index in [4.69, 9.17) is 14.2 Å². The minimum absolute atomic E-state index is 0.0760. The molecule has 3 aromatic rings. The molecule has 11 heteroatoms. The average molecular weight is 570 g/mol. The lowest BCUT2D eigenvalue weighted by Gasteiger charge is -2.39. The third-order valence-corrected chi connectivity index (χ3v) is 5.45. The Morgan fingerprint density at radius 3 is 2.12 bits per heavy atom. The fourth-order valence-corrected chi connectivity index (χ4v) is 3.86. The Balaban J connectivity index is 2.34. The second-order valence-corrected chi connectivity index (χ2v) is 11.3. The molecular weight excluding hydrogens is 533 g/mol. The number of benzene rings is 2. The van der Waals surface area contributed by atoms with Gasteiger partial charge in [-0.3, -0.25) is 9.99 Å². The van der Waals surface area contributed by atoms with E-state index in [0.717, 1.165) is 11.1 Å². The number of carbonyl (C=O) groups is 3. The minimum Gasteiger partial charge on any atom is -0.494 e. The molecule has 0 aliphatic carbocycles. The zero-order valence-corrected chi connectivity index (χ0v) is 24.3. The molecule has 0 fully saturated rings. The number of ether oxygens (including phenoxy) is 3. The lowest BCUT2D eigenvalue weighted by Crippen LogP contribution is -2.56. The third kappa shape index (κ3) is 8.06. The lowest BCUT2D eigenvalue weighted by atomic mass is 10.0. The summed E-state index contributed by atoms with van der Waals surface area (Å²) in [5, 5.41) is 13.2. The van der Waals surface area contributed by atoms with Crippen LogP contribution >= 0.6 is 0 Å². The number of hydrogen-bond acceptors (Lipinski definition) is 8. The van der Waals surface area contributed by atoms with Crippen LogP contribution in [0.1, 0.15) is 66.5 Å². The van der Waals surface area contributed by atoms with Crippen LogP contribution < -0.4 is 9.75 Å². The molecule has 0 aliphatic rings. The predicted octanol–water partition coefficient (Wildman–Crippen LogP) is 6.88. The first kappa shape index (κ1) is 31.1. The molecule has 3 rings (SSSR count). The summed E-state index contributed by atoms with van der Waals surface area (Å²) in [5.41, 5.74) is -2.42. The van der Waals surface area contributed by atoms with Crippen LogP contribution in [-0.2, 0) is 14.3 Å². The van der Waals surface area contributed by atoms with Crippen molar-refractivity contribution in [2.75, 3.05) is 11.6 Å². The maximum atomic E-state index is 15.4. The van der Waals surface area contributed by atoms with E-state index in [-0.39, 0.29) is 17.0 Å². The van der Waals surface area contributed by atoms with E-state index in [2.05, 4.69) is 4.98 Å². The van der Waals surface area contributed by atoms with Gasteiger partial charge in [0, 0.05) is 23.3 Å². The quantitative estimate of drug-likeness (QED) is 0.290. The summed E-state index contributed by atoms with van der Waals surface area (Å²) in [7, 11) is 0. The van der Waals surface area contributed by atoms with E-state index in [0.29, 0.717) is 28.8 Å². The summed E-state index contributed by atoms with van der Waals surface area (Å²) in [6.07, 6.45) is 1.38. The largest absolute Gasteiger partial charge is 0.494 e. The van der Waals surface area contributed by atoms with Crippen molar-refractivity contribution in [3.8, 4) is 5.75 Å². The van der Waals surface area contributed by atoms with Crippen LogP contribution in [0.3, 0.4) is 0 Å². The highest BCUT2D eigenvalue weighted by Crippen LogP contribution is 2.36. The SMILES string of the molecule is CCCOc1ccc(F)c(C(C(=O)O)N(c2ccc3cnccc3c2)N(C(=O)OC(C)(C)C)C(=O)OC(C)(C)C)c1. The number of aliphatic carboxylic acids is 1. The van der Waals surface area contributed by atoms with E-state index in [1.165, 1.54) is 18.2 Å². The molecule has 41 heavy (non-hydrogen) atoms. The van der Waals surface area contributed by atoms with Crippen molar-refractivity contribution in [1.82, 2.24) is 9.99 Å². The van der Waals surface area contributed by atoms with E-state index < -0.39 is 41.2 Å². The zero-order chi connectivity index (χ0) is 30.5. The lowest BCUT2D eigenvalue weighted by molar-refractivity contribution is -0.139. The maximum absolute atomic E-state index is 15.4. The van der Waals surface area contributed by atoms with Gasteiger partial charge < -0.3 is 19.3 Å². The predicted molar refractivity (Wildman–Crippen MR) is 151 cm³/mol. The molecule has 1 atom stereocenters. The van der Waals surface area contributed by atoms with Gasteiger partial charge in [0.25, 0.3) is 0 Å². The molecule has 0 saturated carbocycles. The van der Waals surface area contributed by atoms with Crippen molar-refractivity contribution in [2.45, 2.75) is 72.1 Å². The number of imide groups is 1. The number of halogens is 1. The van der Waals surface area contributed by atoms with Gasteiger partial charge in [-0.15, -0.1) is 5.01 Å². The van der Waals surface area contributed by atoms with Gasteiger partial charge in [-0.1, -0.05) is 13.0 Å². The number of carboxylic acids is 1. The molecule has 1 N–H and O–H groups in total. The molecule has 2 amide bonds. The van der Waals surface area contributed by atoms with Crippen molar-refractivity contribution < 1.29 is 38.1 Å². The Kier molecular flexibility index (Phi) is 9.42. The highest BCUT2D eigenvalue weighted by Gasteiger charge is 2.43. The number of aromatic nitrogens is 1. The normalized spacial score (nSPS) is 12.4. The highest BCUT2D eigenvalue weighted by atomic mass is 19.1. The van der Waals surface area contributed by atoms with Crippen LogP contribution in [0, 0.1) is 5.82 Å². The molecule has 0 spiro atoms. The first-order valence-corrected chi connectivity index (χ1v) is 13.2. The van der Waals surface area contributed by atoms with Gasteiger partial charge in [0.15, 0.2) is 6.04 Å². The Hall–Kier alpha value is -4.41. The molecule has 0 radical (unpaired) electrons. The maximum Gasteiger partial charge on any atom is 0.439 e. The molecular formula is C30H36FN3O7. The Morgan fingerprint density at radius 1 is 0.927 bits per heavy atom. The van der Waals surface area contributed by atoms with Crippen molar-refractivity contribution in [3.05, 3.63) is 66.2 Å². The summed E-state index contributed by atoms with van der Waals surface area (Å²) in [4.78, 5) is 44.4. The Labute approximate surface area is 238 Å². The third-order valence-electron chi connectivity index (χ3n) is 5.45. The van der Waals surface area contributed by atoms with E-state index >= 15 is 4.39 Å². The van der Waals surface area contributed by atoms with E-state index in [1.54, 1.807) is 72.1 Å². The van der Waals surface area contributed by atoms with Crippen LogP contribution in [0.15, 0.2) is 54.9 Å². The van der Waals surface area contributed by atoms with Crippen LogP contribution in [0.2, 0.25) is 0 Å². The summed E-state index contributed by atoms with van der Waals surface area (Å²) >= 11 is 0.